The Morgan fingerprint density at radius 3 is 2.50 bits per heavy atom. The summed E-state index contributed by atoms with van der Waals surface area (Å²) < 4.78 is 28.3. The molecule has 1 heterocycles. The first-order valence-electron chi connectivity index (χ1n) is 6.63. The smallest absolute Gasteiger partial charge is 0.246 e. The maximum absolute atomic E-state index is 12.7. The standard InChI is InChI=1S/C12H20N4O3S/c1-4-16(10-5-6-10)20(18,19)12-8(2)14-15(9(12)3)7-11(13)17/h10H,4-7H2,1-3H3,(H2,13,17). The quantitative estimate of drug-likeness (QED) is 0.809. The molecule has 0 aromatic carbocycles. The van der Waals surface area contributed by atoms with Gasteiger partial charge in [-0.15, -0.1) is 0 Å². The van der Waals surface area contributed by atoms with Crippen molar-refractivity contribution in [1.29, 1.82) is 0 Å². The first-order chi connectivity index (χ1) is 9.28. The van der Waals surface area contributed by atoms with Gasteiger partial charge < -0.3 is 5.73 Å². The van der Waals surface area contributed by atoms with Gasteiger partial charge in [0.05, 0.1) is 11.4 Å². The van der Waals surface area contributed by atoms with Crippen LogP contribution < -0.4 is 5.73 Å². The molecule has 20 heavy (non-hydrogen) atoms. The Bertz CT molecular complexity index is 631. The highest BCUT2D eigenvalue weighted by Gasteiger charge is 2.39. The van der Waals surface area contributed by atoms with Crippen LogP contribution in [-0.4, -0.2) is 41.0 Å². The second-order valence-corrected chi connectivity index (χ2v) is 6.89. The average Bonchev–Trinajstić information content (AvgIpc) is 3.07. The van der Waals surface area contributed by atoms with Gasteiger partial charge in [0.15, 0.2) is 0 Å². The molecule has 2 rings (SSSR count). The Balaban J connectivity index is 2.46. The van der Waals surface area contributed by atoms with Crippen molar-refractivity contribution in [2.45, 2.75) is 51.1 Å². The maximum Gasteiger partial charge on any atom is 0.246 e. The number of nitrogens with zero attached hydrogens (tertiary/aromatic N) is 3. The molecule has 0 bridgehead atoms. The molecule has 0 saturated heterocycles. The number of amides is 1. The number of hydrogen-bond donors (Lipinski definition) is 1. The van der Waals surface area contributed by atoms with Gasteiger partial charge in [0.2, 0.25) is 15.9 Å². The summed E-state index contributed by atoms with van der Waals surface area (Å²) in [7, 11) is -3.57. The van der Waals surface area contributed by atoms with Crippen LogP contribution in [0.15, 0.2) is 4.90 Å². The maximum atomic E-state index is 12.7. The summed E-state index contributed by atoms with van der Waals surface area (Å²) in [5, 5.41) is 4.12. The van der Waals surface area contributed by atoms with Crippen molar-refractivity contribution in [2.75, 3.05) is 6.54 Å². The summed E-state index contributed by atoms with van der Waals surface area (Å²) in [5.74, 6) is -0.547. The lowest BCUT2D eigenvalue weighted by Gasteiger charge is -2.20. The summed E-state index contributed by atoms with van der Waals surface area (Å²) in [6.07, 6.45) is 1.81. The third kappa shape index (κ3) is 2.57. The number of carbonyl (C=O) groups excluding carboxylic acids is 1. The molecule has 1 aromatic heterocycles. The molecule has 1 saturated carbocycles. The molecule has 0 spiro atoms. The monoisotopic (exact) mass is 300 g/mol. The first kappa shape index (κ1) is 15.0. The van der Waals surface area contributed by atoms with Gasteiger partial charge >= 0.3 is 0 Å². The van der Waals surface area contributed by atoms with E-state index in [1.807, 2.05) is 6.92 Å². The average molecular weight is 300 g/mol. The van der Waals surface area contributed by atoms with Crippen molar-refractivity contribution in [2.24, 2.45) is 5.73 Å². The van der Waals surface area contributed by atoms with Crippen LogP contribution in [0.2, 0.25) is 0 Å². The molecule has 0 atom stereocenters. The van der Waals surface area contributed by atoms with E-state index in [4.69, 9.17) is 5.73 Å². The lowest BCUT2D eigenvalue weighted by molar-refractivity contribution is -0.118. The van der Waals surface area contributed by atoms with Crippen molar-refractivity contribution in [3.63, 3.8) is 0 Å². The molecular formula is C12H20N4O3S. The van der Waals surface area contributed by atoms with Gasteiger partial charge in [-0.1, -0.05) is 6.92 Å². The second kappa shape index (κ2) is 5.17. The predicted octanol–water partition coefficient (Wildman–Crippen LogP) is 0.158. The highest BCUT2D eigenvalue weighted by Crippen LogP contribution is 2.33. The van der Waals surface area contributed by atoms with Crippen molar-refractivity contribution in [3.05, 3.63) is 11.4 Å². The zero-order chi connectivity index (χ0) is 15.1. The van der Waals surface area contributed by atoms with E-state index in [-0.39, 0.29) is 17.5 Å². The molecular weight excluding hydrogens is 280 g/mol. The van der Waals surface area contributed by atoms with Gasteiger partial charge in [-0.05, 0) is 26.7 Å². The van der Waals surface area contributed by atoms with Crippen LogP contribution in [0.5, 0.6) is 0 Å². The van der Waals surface area contributed by atoms with E-state index in [9.17, 15) is 13.2 Å². The molecule has 1 aliphatic rings. The van der Waals surface area contributed by atoms with Gasteiger partial charge in [-0.3, -0.25) is 9.48 Å². The minimum Gasteiger partial charge on any atom is -0.368 e. The van der Waals surface area contributed by atoms with Gasteiger partial charge in [-0.2, -0.15) is 9.40 Å². The number of aryl methyl sites for hydroxylation is 1. The number of nitrogens with two attached hydrogens (primary N) is 1. The van der Waals surface area contributed by atoms with Crippen molar-refractivity contribution in [1.82, 2.24) is 14.1 Å². The van der Waals surface area contributed by atoms with Gasteiger partial charge in [0.25, 0.3) is 0 Å². The van der Waals surface area contributed by atoms with Crippen LogP contribution >= 0.6 is 0 Å². The molecule has 1 amide bonds. The number of rotatable bonds is 6. The fourth-order valence-corrected chi connectivity index (χ4v) is 4.53. The number of aromatic nitrogens is 2. The normalized spacial score (nSPS) is 15.8. The lowest BCUT2D eigenvalue weighted by atomic mass is 10.4. The molecule has 1 aliphatic carbocycles. The largest absolute Gasteiger partial charge is 0.368 e. The van der Waals surface area contributed by atoms with Crippen LogP contribution in [0.1, 0.15) is 31.2 Å². The number of primary amides is 1. The topological polar surface area (TPSA) is 98.3 Å². The molecule has 0 unspecified atom stereocenters. The lowest BCUT2D eigenvalue weighted by Crippen LogP contribution is -2.33. The van der Waals surface area contributed by atoms with Gasteiger partial charge in [-0.25, -0.2) is 8.42 Å². The molecule has 0 aliphatic heterocycles. The molecule has 7 nitrogen and oxygen atoms in total. The molecule has 112 valence electrons. The Labute approximate surface area is 118 Å². The van der Waals surface area contributed by atoms with Crippen molar-refractivity contribution >= 4 is 15.9 Å². The Morgan fingerprint density at radius 2 is 2.05 bits per heavy atom. The van der Waals surface area contributed by atoms with E-state index in [1.54, 1.807) is 13.8 Å². The SMILES string of the molecule is CCN(C1CC1)S(=O)(=O)c1c(C)nn(CC(N)=O)c1C. The molecule has 8 heteroatoms. The van der Waals surface area contributed by atoms with Crippen LogP contribution in [-0.2, 0) is 21.4 Å². The summed E-state index contributed by atoms with van der Waals surface area (Å²) in [6.45, 7) is 5.44. The minimum atomic E-state index is -3.57. The number of carbonyl (C=O) groups is 1. The van der Waals surface area contributed by atoms with E-state index in [0.29, 0.717) is 17.9 Å². The number of sulfonamides is 1. The second-order valence-electron chi connectivity index (χ2n) is 5.06. The van der Waals surface area contributed by atoms with Crippen LogP contribution in [0.3, 0.4) is 0 Å². The third-order valence-electron chi connectivity index (χ3n) is 3.45. The summed E-state index contributed by atoms with van der Waals surface area (Å²) in [5.41, 5.74) is 6.01. The highest BCUT2D eigenvalue weighted by atomic mass is 32.2. The molecule has 1 fully saturated rings. The minimum absolute atomic E-state index is 0.100. The van der Waals surface area contributed by atoms with Gasteiger partial charge in [0, 0.05) is 12.6 Å². The predicted molar refractivity (Wildman–Crippen MR) is 73.5 cm³/mol. The van der Waals surface area contributed by atoms with E-state index >= 15 is 0 Å². The zero-order valence-electron chi connectivity index (χ0n) is 12.0. The molecule has 2 N–H and O–H groups in total. The fourth-order valence-electron chi connectivity index (χ4n) is 2.46. The van der Waals surface area contributed by atoms with E-state index in [1.165, 1.54) is 8.99 Å². The van der Waals surface area contributed by atoms with E-state index < -0.39 is 15.9 Å². The third-order valence-corrected chi connectivity index (χ3v) is 5.73. The summed E-state index contributed by atoms with van der Waals surface area (Å²) >= 11 is 0. The Morgan fingerprint density at radius 1 is 1.45 bits per heavy atom. The summed E-state index contributed by atoms with van der Waals surface area (Å²) in [4.78, 5) is 11.2. The zero-order valence-corrected chi connectivity index (χ0v) is 12.8. The van der Waals surface area contributed by atoms with E-state index in [0.717, 1.165) is 12.8 Å². The summed E-state index contributed by atoms with van der Waals surface area (Å²) in [6, 6.07) is 0.100. The van der Waals surface area contributed by atoms with Crippen LogP contribution in [0.4, 0.5) is 0 Å². The fraction of sp³-hybridized carbons (Fsp3) is 0.667. The molecule has 0 radical (unpaired) electrons. The Hall–Kier alpha value is -1.41. The van der Waals surface area contributed by atoms with Gasteiger partial charge in [0.1, 0.15) is 11.4 Å². The highest BCUT2D eigenvalue weighted by molar-refractivity contribution is 7.89. The molecule has 1 aromatic rings. The van der Waals surface area contributed by atoms with Crippen LogP contribution in [0.25, 0.3) is 0 Å². The Kier molecular flexibility index (Phi) is 3.88. The number of hydrogen-bond acceptors (Lipinski definition) is 4. The van der Waals surface area contributed by atoms with Crippen LogP contribution in [0, 0.1) is 13.8 Å². The van der Waals surface area contributed by atoms with Crippen molar-refractivity contribution in [3.8, 4) is 0 Å². The van der Waals surface area contributed by atoms with E-state index in [2.05, 4.69) is 5.10 Å². The van der Waals surface area contributed by atoms with Crippen molar-refractivity contribution < 1.29 is 13.2 Å². The first-order valence-corrected chi connectivity index (χ1v) is 8.07.